The lowest BCUT2D eigenvalue weighted by Crippen LogP contribution is -2.43. The molecular weight excluding hydrogens is 325 g/mol. The van der Waals surface area contributed by atoms with Crippen molar-refractivity contribution in [3.63, 3.8) is 0 Å². The van der Waals surface area contributed by atoms with Gasteiger partial charge in [-0.25, -0.2) is 0 Å². The number of carbonyl (C=O) groups excluding carboxylic acids is 1. The monoisotopic (exact) mass is 342 g/mol. The number of alkyl halides is 3. The van der Waals surface area contributed by atoms with E-state index in [9.17, 15) is 18.0 Å². The molecule has 0 radical (unpaired) electrons. The lowest BCUT2D eigenvalue weighted by atomic mass is 10.1. The second-order valence-electron chi connectivity index (χ2n) is 5.45. The number of pyridine rings is 1. The van der Waals surface area contributed by atoms with E-state index in [4.69, 9.17) is 0 Å². The van der Waals surface area contributed by atoms with E-state index < -0.39 is 24.7 Å². The maximum absolute atomic E-state index is 12.7. The average Bonchev–Trinajstić information content (AvgIpc) is 2.97. The number of hydrogen-bond donors (Lipinski definition) is 0. The second kappa shape index (κ2) is 6.70. The molecule has 23 heavy (non-hydrogen) atoms. The van der Waals surface area contributed by atoms with Crippen molar-refractivity contribution in [1.82, 2.24) is 9.88 Å². The summed E-state index contributed by atoms with van der Waals surface area (Å²) in [5, 5.41) is 1.91. The van der Waals surface area contributed by atoms with E-state index in [1.807, 2.05) is 17.5 Å². The number of aryl methyl sites for hydroxylation is 1. The van der Waals surface area contributed by atoms with Crippen LogP contribution < -0.4 is 0 Å². The third-order valence-electron chi connectivity index (χ3n) is 3.32. The largest absolute Gasteiger partial charge is 0.406 e. The van der Waals surface area contributed by atoms with Crippen molar-refractivity contribution in [1.29, 1.82) is 0 Å². The molecule has 0 saturated carbocycles. The maximum Gasteiger partial charge on any atom is 0.406 e. The Morgan fingerprint density at radius 2 is 2.00 bits per heavy atom. The van der Waals surface area contributed by atoms with Gasteiger partial charge in [0, 0.05) is 6.04 Å². The number of thiophene rings is 1. The van der Waals surface area contributed by atoms with E-state index in [2.05, 4.69) is 4.98 Å². The van der Waals surface area contributed by atoms with Crippen molar-refractivity contribution >= 4 is 17.2 Å². The van der Waals surface area contributed by atoms with Gasteiger partial charge in [-0.1, -0.05) is 6.07 Å². The van der Waals surface area contributed by atoms with E-state index in [0.29, 0.717) is 11.4 Å². The zero-order valence-electron chi connectivity index (χ0n) is 13.0. The van der Waals surface area contributed by atoms with E-state index >= 15 is 0 Å². The summed E-state index contributed by atoms with van der Waals surface area (Å²) in [4.78, 5) is 18.6. The van der Waals surface area contributed by atoms with Gasteiger partial charge in [0.15, 0.2) is 0 Å². The highest BCUT2D eigenvalue weighted by Crippen LogP contribution is 2.25. The number of aromatic nitrogens is 1. The Hall–Kier alpha value is -1.89. The van der Waals surface area contributed by atoms with E-state index in [1.54, 1.807) is 32.9 Å². The molecule has 0 N–H and O–H groups in total. The number of carbonyl (C=O) groups is 1. The van der Waals surface area contributed by atoms with Crippen molar-refractivity contribution < 1.29 is 18.0 Å². The molecule has 2 rings (SSSR count). The number of halogens is 3. The summed E-state index contributed by atoms with van der Waals surface area (Å²) in [5.41, 5.74) is 1.33. The van der Waals surface area contributed by atoms with Gasteiger partial charge in [0.1, 0.15) is 6.54 Å². The number of rotatable bonds is 4. The van der Waals surface area contributed by atoms with Gasteiger partial charge in [-0.05, 0) is 44.4 Å². The molecule has 0 aliphatic rings. The van der Waals surface area contributed by atoms with Crippen molar-refractivity contribution in [3.05, 3.63) is 40.9 Å². The standard InChI is InChI=1S/C16H17F3N2OS/c1-10(2)21(9-16(17,18)19)15(22)12-6-7-13(20-11(12)3)14-5-4-8-23-14/h4-8,10H,9H2,1-3H3. The molecule has 0 bridgehead atoms. The van der Waals surface area contributed by atoms with Crippen molar-refractivity contribution in [2.45, 2.75) is 33.0 Å². The first kappa shape index (κ1) is 17.5. The van der Waals surface area contributed by atoms with Gasteiger partial charge in [-0.15, -0.1) is 11.3 Å². The van der Waals surface area contributed by atoms with Gasteiger partial charge in [-0.2, -0.15) is 13.2 Å². The molecule has 0 aliphatic carbocycles. The smallest absolute Gasteiger partial charge is 0.327 e. The highest BCUT2D eigenvalue weighted by Gasteiger charge is 2.35. The molecule has 0 aromatic carbocycles. The lowest BCUT2D eigenvalue weighted by molar-refractivity contribution is -0.143. The summed E-state index contributed by atoms with van der Waals surface area (Å²) in [6.07, 6.45) is -4.43. The number of hydrogen-bond acceptors (Lipinski definition) is 3. The molecule has 0 atom stereocenters. The number of nitrogens with zero attached hydrogens (tertiary/aromatic N) is 2. The fourth-order valence-electron chi connectivity index (χ4n) is 2.19. The Morgan fingerprint density at radius 3 is 2.48 bits per heavy atom. The van der Waals surface area contributed by atoms with Gasteiger partial charge >= 0.3 is 6.18 Å². The molecule has 0 aliphatic heterocycles. The van der Waals surface area contributed by atoms with Crippen molar-refractivity contribution in [2.24, 2.45) is 0 Å². The molecule has 0 saturated heterocycles. The van der Waals surface area contributed by atoms with Crippen LogP contribution in [0.3, 0.4) is 0 Å². The van der Waals surface area contributed by atoms with E-state index in [-0.39, 0.29) is 5.56 Å². The van der Waals surface area contributed by atoms with Crippen LogP contribution in [0.15, 0.2) is 29.6 Å². The Balaban J connectivity index is 2.31. The normalized spacial score (nSPS) is 11.8. The Labute approximate surface area is 136 Å². The predicted molar refractivity (Wildman–Crippen MR) is 84.5 cm³/mol. The fraction of sp³-hybridized carbons (Fsp3) is 0.375. The Bertz CT molecular complexity index is 681. The molecule has 2 aromatic heterocycles. The van der Waals surface area contributed by atoms with Gasteiger partial charge in [0.05, 0.1) is 21.8 Å². The molecule has 124 valence electrons. The minimum atomic E-state index is -4.43. The SMILES string of the molecule is Cc1nc(-c2cccs2)ccc1C(=O)N(CC(F)(F)F)C(C)C. The van der Waals surface area contributed by atoms with Crippen LogP contribution in [-0.2, 0) is 0 Å². The first-order valence-corrected chi connectivity index (χ1v) is 7.96. The average molecular weight is 342 g/mol. The van der Waals surface area contributed by atoms with Gasteiger partial charge in [0.25, 0.3) is 5.91 Å². The minimum Gasteiger partial charge on any atom is -0.327 e. The highest BCUT2D eigenvalue weighted by molar-refractivity contribution is 7.13. The van der Waals surface area contributed by atoms with Gasteiger partial charge in [-0.3, -0.25) is 9.78 Å². The summed E-state index contributed by atoms with van der Waals surface area (Å²) in [5.74, 6) is -0.653. The van der Waals surface area contributed by atoms with E-state index in [0.717, 1.165) is 9.78 Å². The summed E-state index contributed by atoms with van der Waals surface area (Å²) in [7, 11) is 0. The number of amides is 1. The molecule has 1 amide bonds. The Kier molecular flexibility index (Phi) is 5.09. The van der Waals surface area contributed by atoms with Gasteiger partial charge in [0.2, 0.25) is 0 Å². The molecule has 0 spiro atoms. The van der Waals surface area contributed by atoms with Crippen LogP contribution in [0, 0.1) is 6.92 Å². The fourth-order valence-corrected chi connectivity index (χ4v) is 2.88. The van der Waals surface area contributed by atoms with Crippen molar-refractivity contribution in [2.75, 3.05) is 6.54 Å². The summed E-state index contributed by atoms with van der Waals surface area (Å²) in [6, 6.07) is 6.45. The molecule has 0 unspecified atom stereocenters. The summed E-state index contributed by atoms with van der Waals surface area (Å²) in [6.45, 7) is 3.49. The van der Waals surface area contributed by atoms with Crippen LogP contribution in [0.4, 0.5) is 13.2 Å². The molecule has 2 heterocycles. The molecule has 3 nitrogen and oxygen atoms in total. The topological polar surface area (TPSA) is 33.2 Å². The van der Waals surface area contributed by atoms with Gasteiger partial charge < -0.3 is 4.90 Å². The summed E-state index contributed by atoms with van der Waals surface area (Å²) < 4.78 is 38.1. The van der Waals surface area contributed by atoms with Crippen LogP contribution in [0.1, 0.15) is 29.9 Å². The lowest BCUT2D eigenvalue weighted by Gasteiger charge is -2.28. The highest BCUT2D eigenvalue weighted by atomic mass is 32.1. The third-order valence-corrected chi connectivity index (χ3v) is 4.22. The molecule has 7 heteroatoms. The first-order chi connectivity index (χ1) is 10.7. The first-order valence-electron chi connectivity index (χ1n) is 7.08. The maximum atomic E-state index is 12.7. The zero-order valence-corrected chi connectivity index (χ0v) is 13.8. The van der Waals surface area contributed by atoms with Crippen LogP contribution in [0.2, 0.25) is 0 Å². The second-order valence-corrected chi connectivity index (χ2v) is 6.40. The zero-order chi connectivity index (χ0) is 17.2. The minimum absolute atomic E-state index is 0.197. The molecule has 2 aromatic rings. The molecule has 0 fully saturated rings. The van der Waals surface area contributed by atoms with Crippen LogP contribution in [0.5, 0.6) is 0 Å². The van der Waals surface area contributed by atoms with E-state index in [1.165, 1.54) is 11.3 Å². The van der Waals surface area contributed by atoms with Crippen LogP contribution >= 0.6 is 11.3 Å². The van der Waals surface area contributed by atoms with Crippen LogP contribution in [0.25, 0.3) is 10.6 Å². The predicted octanol–water partition coefficient (Wildman–Crippen LogP) is 4.53. The van der Waals surface area contributed by atoms with Crippen molar-refractivity contribution in [3.8, 4) is 10.6 Å². The Morgan fingerprint density at radius 1 is 1.30 bits per heavy atom. The quantitative estimate of drug-likeness (QED) is 0.818. The summed E-state index contributed by atoms with van der Waals surface area (Å²) >= 11 is 1.51. The third kappa shape index (κ3) is 4.31. The van der Waals surface area contributed by atoms with Crippen LogP contribution in [-0.4, -0.2) is 34.6 Å². The molecular formula is C16H17F3N2OS.